The van der Waals surface area contributed by atoms with Crippen molar-refractivity contribution < 1.29 is 0 Å². The Morgan fingerprint density at radius 3 is 2.58 bits per heavy atom. The van der Waals surface area contributed by atoms with Crippen molar-refractivity contribution >= 4 is 17.1 Å². The largest absolute Gasteiger partial charge is 0.352 e. The highest BCUT2D eigenvalue weighted by Gasteiger charge is 2.18. The first-order valence-electron chi connectivity index (χ1n) is 8.59. The van der Waals surface area contributed by atoms with Gasteiger partial charge in [0.15, 0.2) is 11.2 Å². The summed E-state index contributed by atoms with van der Waals surface area (Å²) in [4.78, 5) is 29.4. The van der Waals surface area contributed by atoms with E-state index in [1.807, 2.05) is 22.8 Å². The summed E-state index contributed by atoms with van der Waals surface area (Å²) in [5, 5.41) is 3.16. The van der Waals surface area contributed by atoms with Gasteiger partial charge < -0.3 is 9.88 Å². The highest BCUT2D eigenvalue weighted by molar-refractivity contribution is 5.74. The maximum atomic E-state index is 12.7. The van der Waals surface area contributed by atoms with Crippen LogP contribution in [-0.4, -0.2) is 25.2 Å². The smallest absolute Gasteiger partial charge is 0.332 e. The Balaban J connectivity index is 2.01. The summed E-state index contributed by atoms with van der Waals surface area (Å²) in [5.41, 5.74) is 1.37. The molecule has 26 heavy (non-hydrogen) atoms. The van der Waals surface area contributed by atoms with Crippen molar-refractivity contribution in [1.82, 2.24) is 18.7 Å². The van der Waals surface area contributed by atoms with Gasteiger partial charge in [0.2, 0.25) is 5.95 Å². The SMILES string of the molecule is C=CCNc1nc2c(c(=O)n(C)c(=O)n2C)n1CCCc1ccccc1. The van der Waals surface area contributed by atoms with Gasteiger partial charge in [0, 0.05) is 27.2 Å². The van der Waals surface area contributed by atoms with E-state index in [9.17, 15) is 9.59 Å². The second-order valence-electron chi connectivity index (χ2n) is 6.22. The van der Waals surface area contributed by atoms with E-state index >= 15 is 0 Å². The molecule has 2 aromatic heterocycles. The monoisotopic (exact) mass is 353 g/mol. The molecular formula is C19H23N5O2. The minimum absolute atomic E-state index is 0.332. The summed E-state index contributed by atoms with van der Waals surface area (Å²) in [6.07, 6.45) is 3.47. The number of hydrogen-bond acceptors (Lipinski definition) is 4. The lowest BCUT2D eigenvalue weighted by atomic mass is 10.1. The van der Waals surface area contributed by atoms with Gasteiger partial charge in [-0.1, -0.05) is 36.4 Å². The number of hydrogen-bond donors (Lipinski definition) is 1. The second kappa shape index (κ2) is 7.43. The number of nitrogens with one attached hydrogen (secondary N) is 1. The topological polar surface area (TPSA) is 73.8 Å². The van der Waals surface area contributed by atoms with Gasteiger partial charge in [-0.3, -0.25) is 13.9 Å². The van der Waals surface area contributed by atoms with Crippen LogP contribution in [0, 0.1) is 0 Å². The average Bonchev–Trinajstić information content (AvgIpc) is 3.02. The van der Waals surface area contributed by atoms with Crippen LogP contribution in [0.3, 0.4) is 0 Å². The minimum atomic E-state index is -0.383. The molecule has 7 nitrogen and oxygen atoms in total. The summed E-state index contributed by atoms with van der Waals surface area (Å²) in [6, 6.07) is 10.2. The molecular weight excluding hydrogens is 330 g/mol. The molecule has 136 valence electrons. The predicted octanol–water partition coefficient (Wildman–Crippen LogP) is 1.66. The average molecular weight is 353 g/mol. The lowest BCUT2D eigenvalue weighted by Gasteiger charge is -2.10. The molecule has 0 aliphatic rings. The number of rotatable bonds is 7. The Hall–Kier alpha value is -3.09. The van der Waals surface area contributed by atoms with Crippen molar-refractivity contribution in [2.24, 2.45) is 14.1 Å². The fourth-order valence-corrected chi connectivity index (χ4v) is 3.05. The zero-order valence-electron chi connectivity index (χ0n) is 15.1. The van der Waals surface area contributed by atoms with E-state index in [0.29, 0.717) is 30.2 Å². The number of fused-ring (bicyclic) bond motifs is 1. The predicted molar refractivity (Wildman–Crippen MR) is 104 cm³/mol. The van der Waals surface area contributed by atoms with Crippen LogP contribution in [-0.2, 0) is 27.1 Å². The summed E-state index contributed by atoms with van der Waals surface area (Å²) in [5.74, 6) is 0.575. The maximum Gasteiger partial charge on any atom is 0.332 e. The maximum absolute atomic E-state index is 12.7. The summed E-state index contributed by atoms with van der Waals surface area (Å²) < 4.78 is 4.39. The summed E-state index contributed by atoms with van der Waals surface area (Å²) >= 11 is 0. The molecule has 0 saturated carbocycles. The van der Waals surface area contributed by atoms with E-state index in [1.165, 1.54) is 17.2 Å². The third kappa shape index (κ3) is 3.20. The van der Waals surface area contributed by atoms with E-state index in [0.717, 1.165) is 17.4 Å². The quantitative estimate of drug-likeness (QED) is 0.656. The van der Waals surface area contributed by atoms with Crippen LogP contribution in [0.25, 0.3) is 11.2 Å². The Bertz CT molecular complexity index is 1040. The minimum Gasteiger partial charge on any atom is -0.352 e. The number of nitrogens with zero attached hydrogens (tertiary/aromatic N) is 4. The molecule has 0 fully saturated rings. The number of benzene rings is 1. The molecule has 0 saturated heterocycles. The van der Waals surface area contributed by atoms with Crippen molar-refractivity contribution in [3.05, 3.63) is 69.4 Å². The molecule has 2 heterocycles. The molecule has 1 aromatic carbocycles. The van der Waals surface area contributed by atoms with Crippen LogP contribution < -0.4 is 16.6 Å². The van der Waals surface area contributed by atoms with Gasteiger partial charge in [0.05, 0.1) is 0 Å². The molecule has 0 spiro atoms. The van der Waals surface area contributed by atoms with E-state index in [2.05, 4.69) is 29.0 Å². The van der Waals surface area contributed by atoms with Gasteiger partial charge in [-0.15, -0.1) is 6.58 Å². The standard InChI is InChI=1S/C19H23N5O2/c1-4-12-20-18-21-16-15(17(25)23(3)19(26)22(16)2)24(18)13-8-11-14-9-6-5-7-10-14/h4-7,9-10H,1,8,11-13H2,2-3H3,(H,20,21). The molecule has 0 amide bonds. The normalized spacial score (nSPS) is 11.0. The third-order valence-corrected chi connectivity index (χ3v) is 4.44. The van der Waals surface area contributed by atoms with Gasteiger partial charge in [-0.2, -0.15) is 4.98 Å². The molecule has 7 heteroatoms. The Morgan fingerprint density at radius 1 is 1.15 bits per heavy atom. The van der Waals surface area contributed by atoms with Gasteiger partial charge >= 0.3 is 5.69 Å². The third-order valence-electron chi connectivity index (χ3n) is 4.44. The van der Waals surface area contributed by atoms with Crippen molar-refractivity contribution in [2.45, 2.75) is 19.4 Å². The highest BCUT2D eigenvalue weighted by Crippen LogP contribution is 2.17. The van der Waals surface area contributed by atoms with E-state index in [1.54, 1.807) is 13.1 Å². The lowest BCUT2D eigenvalue weighted by Crippen LogP contribution is -2.37. The number of aromatic nitrogens is 4. The first kappa shape index (κ1) is 17.7. The molecule has 0 unspecified atom stereocenters. The molecule has 1 N–H and O–H groups in total. The van der Waals surface area contributed by atoms with Gasteiger partial charge in [-0.05, 0) is 18.4 Å². The fraction of sp³-hybridized carbons (Fsp3) is 0.316. The fourth-order valence-electron chi connectivity index (χ4n) is 3.05. The van der Waals surface area contributed by atoms with E-state index in [-0.39, 0.29) is 11.2 Å². The number of aryl methyl sites for hydroxylation is 3. The van der Waals surface area contributed by atoms with Crippen molar-refractivity contribution in [3.8, 4) is 0 Å². The van der Waals surface area contributed by atoms with Crippen LogP contribution in [0.15, 0.2) is 52.6 Å². The van der Waals surface area contributed by atoms with Gasteiger partial charge in [0.25, 0.3) is 5.56 Å². The number of imidazole rings is 1. The van der Waals surface area contributed by atoms with Gasteiger partial charge in [-0.25, -0.2) is 4.79 Å². The first-order chi connectivity index (χ1) is 12.5. The van der Waals surface area contributed by atoms with Crippen LogP contribution in [0.1, 0.15) is 12.0 Å². The van der Waals surface area contributed by atoms with Crippen molar-refractivity contribution in [2.75, 3.05) is 11.9 Å². The van der Waals surface area contributed by atoms with Crippen LogP contribution in [0.2, 0.25) is 0 Å². The van der Waals surface area contributed by atoms with Crippen molar-refractivity contribution in [3.63, 3.8) is 0 Å². The lowest BCUT2D eigenvalue weighted by molar-refractivity contribution is 0.651. The van der Waals surface area contributed by atoms with Crippen molar-refractivity contribution in [1.29, 1.82) is 0 Å². The molecule has 3 aromatic rings. The molecule has 0 radical (unpaired) electrons. The first-order valence-corrected chi connectivity index (χ1v) is 8.59. The van der Waals surface area contributed by atoms with Gasteiger partial charge in [0.1, 0.15) is 0 Å². The molecule has 0 bridgehead atoms. The van der Waals surface area contributed by atoms with E-state index < -0.39 is 0 Å². The molecule has 0 atom stereocenters. The van der Waals surface area contributed by atoms with Crippen LogP contribution in [0.5, 0.6) is 0 Å². The zero-order chi connectivity index (χ0) is 18.7. The molecule has 0 aliphatic carbocycles. The Labute approximate surface area is 151 Å². The Kier molecular flexibility index (Phi) is 5.06. The summed E-state index contributed by atoms with van der Waals surface area (Å²) in [7, 11) is 3.12. The summed E-state index contributed by atoms with van der Waals surface area (Å²) in [6.45, 7) is 4.85. The number of anilines is 1. The zero-order valence-corrected chi connectivity index (χ0v) is 15.1. The Morgan fingerprint density at radius 2 is 1.88 bits per heavy atom. The second-order valence-corrected chi connectivity index (χ2v) is 6.22. The highest BCUT2D eigenvalue weighted by atomic mass is 16.2. The molecule has 3 rings (SSSR count). The van der Waals surface area contributed by atoms with Crippen LogP contribution >= 0.6 is 0 Å². The van der Waals surface area contributed by atoms with E-state index in [4.69, 9.17) is 0 Å². The molecule has 0 aliphatic heterocycles. The van der Waals surface area contributed by atoms with Crippen LogP contribution in [0.4, 0.5) is 5.95 Å².